The van der Waals surface area contributed by atoms with E-state index in [9.17, 15) is 0 Å². The Bertz CT molecular complexity index is 325. The Morgan fingerprint density at radius 2 is 1.65 bits per heavy atom. The molecule has 0 radical (unpaired) electrons. The molecule has 17 heavy (non-hydrogen) atoms. The molecule has 0 saturated carbocycles. The second kappa shape index (κ2) is 5.89. The van der Waals surface area contributed by atoms with Crippen molar-refractivity contribution in [2.24, 2.45) is 16.1 Å². The van der Waals surface area contributed by atoms with Gasteiger partial charge in [-0.15, -0.1) is 0 Å². The maximum atomic E-state index is 5.67. The largest absolute Gasteiger partial charge is 0.471 e. The normalized spacial score (nSPS) is 15.5. The van der Waals surface area contributed by atoms with Crippen LogP contribution >= 0.6 is 0 Å². The summed E-state index contributed by atoms with van der Waals surface area (Å²) < 4.78 is 5.67. The van der Waals surface area contributed by atoms with Gasteiger partial charge in [-0.3, -0.25) is 0 Å². The SMILES string of the molecule is C\C=C/C(=N\C(=C/N)OC(C)(C)C)C(C)(C)C. The fraction of sp³-hybridized carbons (Fsp3) is 0.643. The average Bonchev–Trinajstić information content (AvgIpc) is 2.12. The van der Waals surface area contributed by atoms with E-state index in [-0.39, 0.29) is 11.0 Å². The van der Waals surface area contributed by atoms with Crippen LogP contribution in [0, 0.1) is 5.41 Å². The van der Waals surface area contributed by atoms with Crippen molar-refractivity contribution in [3.63, 3.8) is 0 Å². The molecule has 3 nitrogen and oxygen atoms in total. The van der Waals surface area contributed by atoms with Gasteiger partial charge in [-0.25, -0.2) is 4.99 Å². The highest BCUT2D eigenvalue weighted by atomic mass is 16.5. The molecule has 0 unspecified atom stereocenters. The van der Waals surface area contributed by atoms with Crippen molar-refractivity contribution >= 4 is 5.71 Å². The van der Waals surface area contributed by atoms with E-state index in [1.54, 1.807) is 0 Å². The lowest BCUT2D eigenvalue weighted by Gasteiger charge is -2.23. The Morgan fingerprint density at radius 1 is 1.12 bits per heavy atom. The number of nitrogens with zero attached hydrogens (tertiary/aromatic N) is 1. The molecule has 0 aromatic heterocycles. The third kappa shape index (κ3) is 6.82. The first kappa shape index (κ1) is 15.8. The van der Waals surface area contributed by atoms with Crippen LogP contribution in [0.3, 0.4) is 0 Å². The quantitative estimate of drug-likeness (QED) is 0.603. The number of ether oxygens (including phenoxy) is 1. The van der Waals surface area contributed by atoms with E-state index in [0.717, 1.165) is 5.71 Å². The van der Waals surface area contributed by atoms with Crippen LogP contribution in [0.4, 0.5) is 0 Å². The van der Waals surface area contributed by atoms with Gasteiger partial charge in [0.25, 0.3) is 0 Å². The smallest absolute Gasteiger partial charge is 0.230 e. The Morgan fingerprint density at radius 3 is 1.94 bits per heavy atom. The summed E-state index contributed by atoms with van der Waals surface area (Å²) in [4.78, 5) is 4.48. The Hall–Kier alpha value is -1.25. The maximum Gasteiger partial charge on any atom is 0.230 e. The zero-order chi connectivity index (χ0) is 13.7. The van der Waals surface area contributed by atoms with Gasteiger partial charge in [-0.2, -0.15) is 0 Å². The summed E-state index contributed by atoms with van der Waals surface area (Å²) in [6, 6.07) is 0. The molecule has 0 saturated heterocycles. The second-order valence-corrected chi connectivity index (χ2v) is 5.97. The molecular formula is C14H26N2O. The van der Waals surface area contributed by atoms with E-state index in [2.05, 4.69) is 25.8 Å². The monoisotopic (exact) mass is 238 g/mol. The first-order chi connectivity index (χ1) is 7.60. The number of hydrogen-bond acceptors (Lipinski definition) is 3. The van der Waals surface area contributed by atoms with Gasteiger partial charge in [0.2, 0.25) is 5.88 Å². The number of nitrogens with two attached hydrogens (primary N) is 1. The highest BCUT2D eigenvalue weighted by molar-refractivity contribution is 5.99. The van der Waals surface area contributed by atoms with Crippen LogP contribution in [-0.2, 0) is 4.74 Å². The Kier molecular flexibility index (Phi) is 5.46. The summed E-state index contributed by atoms with van der Waals surface area (Å²) >= 11 is 0. The molecule has 2 N–H and O–H groups in total. The summed E-state index contributed by atoms with van der Waals surface area (Å²) in [5, 5.41) is 0. The maximum absolute atomic E-state index is 5.67. The van der Waals surface area contributed by atoms with Crippen LogP contribution in [-0.4, -0.2) is 11.3 Å². The fourth-order valence-electron chi connectivity index (χ4n) is 1.14. The minimum absolute atomic E-state index is 0.0397. The topological polar surface area (TPSA) is 47.6 Å². The van der Waals surface area contributed by atoms with Crippen LogP contribution in [0.15, 0.2) is 29.2 Å². The van der Waals surface area contributed by atoms with E-state index in [1.807, 2.05) is 39.8 Å². The van der Waals surface area contributed by atoms with Gasteiger partial charge < -0.3 is 10.5 Å². The second-order valence-electron chi connectivity index (χ2n) is 5.97. The molecule has 98 valence electrons. The summed E-state index contributed by atoms with van der Waals surface area (Å²) in [5.74, 6) is 0.459. The van der Waals surface area contributed by atoms with Crippen molar-refractivity contribution in [3.05, 3.63) is 24.2 Å². The fourth-order valence-corrected chi connectivity index (χ4v) is 1.14. The zero-order valence-electron chi connectivity index (χ0n) is 12.2. The number of rotatable bonds is 3. The predicted molar refractivity (Wildman–Crippen MR) is 74.8 cm³/mol. The van der Waals surface area contributed by atoms with Gasteiger partial charge in [-0.1, -0.05) is 26.8 Å². The summed E-state index contributed by atoms with van der Waals surface area (Å²) in [7, 11) is 0. The van der Waals surface area contributed by atoms with Crippen molar-refractivity contribution in [3.8, 4) is 0 Å². The van der Waals surface area contributed by atoms with Crippen molar-refractivity contribution in [1.82, 2.24) is 0 Å². The molecule has 0 amide bonds. The van der Waals surface area contributed by atoms with Gasteiger partial charge in [0.15, 0.2) is 0 Å². The summed E-state index contributed by atoms with van der Waals surface area (Å²) in [6.07, 6.45) is 5.35. The molecule has 0 aliphatic rings. The lowest BCUT2D eigenvalue weighted by atomic mass is 9.89. The van der Waals surface area contributed by atoms with Crippen molar-refractivity contribution in [2.75, 3.05) is 0 Å². The highest BCUT2D eigenvalue weighted by Crippen LogP contribution is 2.21. The lowest BCUT2D eigenvalue weighted by molar-refractivity contribution is 0.0505. The minimum Gasteiger partial charge on any atom is -0.471 e. The Labute approximate surface area is 105 Å². The van der Waals surface area contributed by atoms with Gasteiger partial charge in [0, 0.05) is 11.1 Å². The van der Waals surface area contributed by atoms with E-state index >= 15 is 0 Å². The molecule has 0 rings (SSSR count). The van der Waals surface area contributed by atoms with Crippen molar-refractivity contribution in [1.29, 1.82) is 0 Å². The number of allylic oxidation sites excluding steroid dienone is 2. The van der Waals surface area contributed by atoms with Crippen LogP contribution < -0.4 is 5.73 Å². The molecule has 0 aliphatic heterocycles. The molecule has 0 heterocycles. The molecule has 0 fully saturated rings. The van der Waals surface area contributed by atoms with Crippen LogP contribution in [0.5, 0.6) is 0 Å². The minimum atomic E-state index is -0.298. The van der Waals surface area contributed by atoms with E-state index in [1.165, 1.54) is 6.20 Å². The molecular weight excluding hydrogens is 212 g/mol. The molecule has 0 bridgehead atoms. The molecule has 0 spiro atoms. The van der Waals surface area contributed by atoms with E-state index < -0.39 is 0 Å². The van der Waals surface area contributed by atoms with E-state index in [0.29, 0.717) is 5.88 Å². The van der Waals surface area contributed by atoms with Gasteiger partial charge in [0.05, 0.1) is 6.20 Å². The highest BCUT2D eigenvalue weighted by Gasteiger charge is 2.19. The van der Waals surface area contributed by atoms with Crippen molar-refractivity contribution in [2.45, 2.75) is 54.1 Å². The lowest BCUT2D eigenvalue weighted by Crippen LogP contribution is -2.22. The molecule has 0 aromatic rings. The predicted octanol–water partition coefficient (Wildman–Crippen LogP) is 3.62. The third-order valence-corrected chi connectivity index (χ3v) is 1.88. The summed E-state index contributed by atoms with van der Waals surface area (Å²) in [6.45, 7) is 14.2. The average molecular weight is 238 g/mol. The standard InChI is InChI=1S/C14H26N2O/c1-8-9-11(13(2,3)4)16-12(10-15)17-14(5,6)7/h8-10H,15H2,1-7H3/b9-8-,12-10+,16-11+. The van der Waals surface area contributed by atoms with Gasteiger partial charge >= 0.3 is 0 Å². The first-order valence-electron chi connectivity index (χ1n) is 5.93. The first-order valence-corrected chi connectivity index (χ1v) is 5.93. The molecule has 0 atom stereocenters. The zero-order valence-corrected chi connectivity index (χ0v) is 12.2. The number of aliphatic imine (C=N–C) groups is 1. The molecule has 3 heteroatoms. The van der Waals surface area contributed by atoms with Gasteiger partial charge in [0.1, 0.15) is 5.60 Å². The molecule has 0 aliphatic carbocycles. The third-order valence-electron chi connectivity index (χ3n) is 1.88. The van der Waals surface area contributed by atoms with Gasteiger partial charge in [-0.05, 0) is 33.8 Å². The van der Waals surface area contributed by atoms with Crippen LogP contribution in [0.2, 0.25) is 0 Å². The molecule has 0 aromatic carbocycles. The summed E-state index contributed by atoms with van der Waals surface area (Å²) in [5.41, 5.74) is 6.16. The Balaban J connectivity index is 5.17. The van der Waals surface area contributed by atoms with Crippen LogP contribution in [0.1, 0.15) is 48.5 Å². The van der Waals surface area contributed by atoms with E-state index in [4.69, 9.17) is 10.5 Å². The van der Waals surface area contributed by atoms with Crippen LogP contribution in [0.25, 0.3) is 0 Å². The van der Waals surface area contributed by atoms with Crippen molar-refractivity contribution < 1.29 is 4.74 Å². The number of hydrogen-bond donors (Lipinski definition) is 1.